The zero-order valence-corrected chi connectivity index (χ0v) is 8.79. The molecule has 3 nitrogen and oxygen atoms in total. The fourth-order valence-electron chi connectivity index (χ4n) is 3.25. The smallest absolute Gasteiger partial charge is 0.188 e. The highest BCUT2D eigenvalue weighted by molar-refractivity contribution is 6.21. The maximum Gasteiger partial charge on any atom is 0.188 e. The molecule has 1 saturated heterocycles. The molecule has 0 aromatic heterocycles. The number of fused-ring (bicyclic) bond motifs is 2. The van der Waals surface area contributed by atoms with Crippen molar-refractivity contribution in [1.82, 2.24) is 0 Å². The predicted octanol–water partition coefficient (Wildman–Crippen LogP) is 1.33. The number of methoxy groups -OCH3 is 1. The molecule has 2 aliphatic carbocycles. The molecule has 0 aromatic carbocycles. The van der Waals surface area contributed by atoms with Crippen molar-refractivity contribution in [1.29, 1.82) is 0 Å². The lowest BCUT2D eigenvalue weighted by molar-refractivity contribution is -0.229. The molecule has 3 rings (SSSR count). The van der Waals surface area contributed by atoms with Gasteiger partial charge in [0.1, 0.15) is 6.10 Å². The normalized spacial score (nSPS) is 55.4. The summed E-state index contributed by atoms with van der Waals surface area (Å²) in [6.07, 6.45) is 2.16. The number of halogens is 1. The molecule has 3 aliphatic rings. The third-order valence-electron chi connectivity index (χ3n) is 3.93. The van der Waals surface area contributed by atoms with E-state index in [0.29, 0.717) is 12.3 Å². The van der Waals surface area contributed by atoms with Gasteiger partial charge in [-0.25, -0.2) is 0 Å². The number of alkyl halides is 1. The number of carbonyl (C=O) groups excluding carboxylic acids is 1. The van der Waals surface area contributed by atoms with E-state index in [-0.39, 0.29) is 23.2 Å². The van der Waals surface area contributed by atoms with Crippen LogP contribution in [0.25, 0.3) is 0 Å². The molecule has 78 valence electrons. The van der Waals surface area contributed by atoms with Gasteiger partial charge in [0.15, 0.2) is 11.6 Å². The van der Waals surface area contributed by atoms with Gasteiger partial charge in [-0.2, -0.15) is 0 Å². The third kappa shape index (κ3) is 0.884. The molecule has 14 heavy (non-hydrogen) atoms. The average Bonchev–Trinajstić information content (AvgIpc) is 2.48. The van der Waals surface area contributed by atoms with Gasteiger partial charge < -0.3 is 9.47 Å². The zero-order valence-electron chi connectivity index (χ0n) is 8.03. The Morgan fingerprint density at radius 3 is 3.00 bits per heavy atom. The van der Waals surface area contributed by atoms with Crippen LogP contribution in [0.3, 0.4) is 0 Å². The van der Waals surface area contributed by atoms with Gasteiger partial charge in [-0.3, -0.25) is 4.79 Å². The van der Waals surface area contributed by atoms with Crippen molar-refractivity contribution in [3.8, 4) is 0 Å². The van der Waals surface area contributed by atoms with Crippen molar-refractivity contribution in [2.45, 2.75) is 36.5 Å². The highest BCUT2D eigenvalue weighted by atomic mass is 35.5. The Hall–Kier alpha value is -0.120. The predicted molar refractivity (Wildman–Crippen MR) is 50.1 cm³/mol. The summed E-state index contributed by atoms with van der Waals surface area (Å²) in [5.74, 6) is 0.00122. The first-order chi connectivity index (χ1) is 6.67. The van der Waals surface area contributed by atoms with Crippen LogP contribution in [0.15, 0.2) is 0 Å². The Morgan fingerprint density at radius 2 is 2.29 bits per heavy atom. The summed E-state index contributed by atoms with van der Waals surface area (Å²) in [7, 11) is 1.63. The fourth-order valence-corrected chi connectivity index (χ4v) is 3.78. The molecule has 0 amide bonds. The molecule has 4 heteroatoms. The summed E-state index contributed by atoms with van der Waals surface area (Å²) < 4.78 is 11.2. The van der Waals surface area contributed by atoms with Gasteiger partial charge in [-0.05, 0) is 19.3 Å². The highest BCUT2D eigenvalue weighted by Gasteiger charge is 2.63. The average molecular weight is 217 g/mol. The minimum absolute atomic E-state index is 0.118. The number of ketones is 1. The summed E-state index contributed by atoms with van der Waals surface area (Å²) in [5.41, 5.74) is 0. The lowest BCUT2D eigenvalue weighted by atomic mass is 9.70. The van der Waals surface area contributed by atoms with Crippen LogP contribution in [-0.4, -0.2) is 30.2 Å². The number of rotatable bonds is 1. The van der Waals surface area contributed by atoms with Crippen LogP contribution in [0.4, 0.5) is 0 Å². The first-order valence-electron chi connectivity index (χ1n) is 5.08. The molecule has 2 saturated carbocycles. The number of hydrogen-bond acceptors (Lipinski definition) is 3. The van der Waals surface area contributed by atoms with Crippen molar-refractivity contribution >= 4 is 17.4 Å². The van der Waals surface area contributed by atoms with Crippen molar-refractivity contribution in [2.75, 3.05) is 7.11 Å². The summed E-state index contributed by atoms with van der Waals surface area (Å²) in [6, 6.07) is 0. The van der Waals surface area contributed by atoms with E-state index >= 15 is 0 Å². The molecule has 0 radical (unpaired) electrons. The van der Waals surface area contributed by atoms with Crippen LogP contribution in [0.2, 0.25) is 0 Å². The minimum atomic E-state index is -0.672. The number of ether oxygens (including phenoxy) is 2. The van der Waals surface area contributed by atoms with E-state index in [0.717, 1.165) is 12.8 Å². The topological polar surface area (TPSA) is 35.5 Å². The largest absolute Gasteiger partial charge is 0.351 e. The van der Waals surface area contributed by atoms with Gasteiger partial charge in [-0.15, -0.1) is 11.6 Å². The molecule has 1 heterocycles. The second kappa shape index (κ2) is 2.71. The monoisotopic (exact) mass is 216 g/mol. The van der Waals surface area contributed by atoms with Crippen LogP contribution in [0.1, 0.15) is 19.3 Å². The van der Waals surface area contributed by atoms with Gasteiger partial charge in [0.25, 0.3) is 0 Å². The van der Waals surface area contributed by atoms with Gasteiger partial charge in [0.05, 0.1) is 5.38 Å². The second-order valence-electron chi connectivity index (χ2n) is 4.50. The van der Waals surface area contributed by atoms with Crippen LogP contribution in [0.5, 0.6) is 0 Å². The summed E-state index contributed by atoms with van der Waals surface area (Å²) in [6.45, 7) is 0. The molecular weight excluding hydrogens is 204 g/mol. The van der Waals surface area contributed by atoms with E-state index < -0.39 is 5.79 Å². The van der Waals surface area contributed by atoms with Crippen LogP contribution < -0.4 is 0 Å². The standard InChI is InChI=1S/C10H13ClO3/c1-13-10-6-2-5(3-8(10)11)9(12)7(4-6)14-10/h5-8H,2-4H2,1H3/t5-,6-,7-,8-,10+/m1/s1. The second-order valence-corrected chi connectivity index (χ2v) is 5.03. The number of hydrogen-bond donors (Lipinski definition) is 0. The zero-order chi connectivity index (χ0) is 9.92. The van der Waals surface area contributed by atoms with Gasteiger partial charge in [0.2, 0.25) is 0 Å². The number of carbonyl (C=O) groups is 1. The Labute approximate surface area is 87.7 Å². The molecule has 3 bridgehead atoms. The lowest BCUT2D eigenvalue weighted by Crippen LogP contribution is -2.50. The van der Waals surface area contributed by atoms with Crippen molar-refractivity contribution in [3.05, 3.63) is 0 Å². The summed E-state index contributed by atoms with van der Waals surface area (Å²) in [5, 5.41) is -0.173. The van der Waals surface area contributed by atoms with E-state index in [1.807, 2.05) is 0 Å². The maximum atomic E-state index is 11.8. The molecule has 3 fully saturated rings. The number of Topliss-reactive ketones (excluding diaryl/α,β-unsaturated/α-hetero) is 1. The molecule has 0 N–H and O–H groups in total. The van der Waals surface area contributed by atoms with Gasteiger partial charge in [0, 0.05) is 18.9 Å². The van der Waals surface area contributed by atoms with E-state index in [1.54, 1.807) is 7.11 Å². The Balaban J connectivity index is 2.05. The van der Waals surface area contributed by atoms with E-state index in [4.69, 9.17) is 21.1 Å². The van der Waals surface area contributed by atoms with Gasteiger partial charge >= 0.3 is 0 Å². The fraction of sp³-hybridized carbons (Fsp3) is 0.900. The Bertz CT molecular complexity index is 291. The Morgan fingerprint density at radius 1 is 1.50 bits per heavy atom. The van der Waals surface area contributed by atoms with Crippen LogP contribution in [-0.2, 0) is 14.3 Å². The highest BCUT2D eigenvalue weighted by Crippen LogP contribution is 2.55. The summed E-state index contributed by atoms with van der Waals surface area (Å²) >= 11 is 6.26. The van der Waals surface area contributed by atoms with Gasteiger partial charge in [-0.1, -0.05) is 0 Å². The third-order valence-corrected chi connectivity index (χ3v) is 4.41. The molecular formula is C10H13ClO3. The first-order valence-corrected chi connectivity index (χ1v) is 5.52. The van der Waals surface area contributed by atoms with Crippen LogP contribution in [0, 0.1) is 11.8 Å². The molecule has 0 aromatic rings. The van der Waals surface area contributed by atoms with E-state index in [9.17, 15) is 4.79 Å². The lowest BCUT2D eigenvalue weighted by Gasteiger charge is -2.41. The molecule has 1 aliphatic heterocycles. The van der Waals surface area contributed by atoms with E-state index in [1.165, 1.54) is 0 Å². The SMILES string of the molecule is CO[C@]12O[C@@H]3C[C@H]1C[C@H](C[C@H]2Cl)C3=O. The minimum Gasteiger partial charge on any atom is -0.351 e. The Kier molecular flexibility index (Phi) is 1.77. The quantitative estimate of drug-likeness (QED) is 0.621. The maximum absolute atomic E-state index is 11.8. The van der Waals surface area contributed by atoms with Crippen molar-refractivity contribution in [3.63, 3.8) is 0 Å². The van der Waals surface area contributed by atoms with Crippen molar-refractivity contribution < 1.29 is 14.3 Å². The van der Waals surface area contributed by atoms with Crippen LogP contribution >= 0.6 is 11.6 Å². The van der Waals surface area contributed by atoms with E-state index in [2.05, 4.69) is 0 Å². The molecule has 0 unspecified atom stereocenters. The van der Waals surface area contributed by atoms with Crippen molar-refractivity contribution in [2.24, 2.45) is 11.8 Å². The summed E-state index contributed by atoms with van der Waals surface area (Å²) in [4.78, 5) is 11.8. The molecule has 5 atom stereocenters. The molecule has 0 spiro atoms. The first kappa shape index (κ1) is 9.13.